The fourth-order valence-electron chi connectivity index (χ4n) is 2.69. The van der Waals surface area contributed by atoms with E-state index < -0.39 is 0 Å². The summed E-state index contributed by atoms with van der Waals surface area (Å²) in [5.41, 5.74) is 0.974. The van der Waals surface area contributed by atoms with Crippen LogP contribution < -0.4 is 16.0 Å². The molecule has 0 unspecified atom stereocenters. The molecule has 0 aliphatic heterocycles. The average molecular weight is 422 g/mol. The minimum Gasteiger partial charge on any atom is -0.445 e. The van der Waals surface area contributed by atoms with Gasteiger partial charge in [0.05, 0.1) is 0 Å². The van der Waals surface area contributed by atoms with Gasteiger partial charge < -0.3 is 25.4 Å². The number of ether oxygens (including phenoxy) is 2. The molecule has 0 aliphatic rings. The Morgan fingerprint density at radius 2 is 1.33 bits per heavy atom. The van der Waals surface area contributed by atoms with Crippen LogP contribution in [0.4, 0.5) is 4.79 Å². The van der Waals surface area contributed by atoms with Crippen LogP contribution in [0.25, 0.3) is 0 Å². The first-order chi connectivity index (χ1) is 14.6. The maximum Gasteiger partial charge on any atom is 0.407 e. The van der Waals surface area contributed by atoms with Crippen molar-refractivity contribution < 1.29 is 23.9 Å². The van der Waals surface area contributed by atoms with Crippen molar-refractivity contribution in [2.24, 2.45) is 0 Å². The van der Waals surface area contributed by atoms with E-state index in [2.05, 4.69) is 16.0 Å². The van der Waals surface area contributed by atoms with Crippen molar-refractivity contribution in [2.75, 3.05) is 33.4 Å². The highest BCUT2D eigenvalue weighted by molar-refractivity contribution is 5.79. The molecule has 3 amide bonds. The Bertz CT molecular complexity index is 610. The van der Waals surface area contributed by atoms with Crippen LogP contribution in [-0.4, -0.2) is 51.3 Å². The highest BCUT2D eigenvalue weighted by Gasteiger charge is 2.03. The first-order valence-electron chi connectivity index (χ1n) is 10.6. The smallest absolute Gasteiger partial charge is 0.407 e. The van der Waals surface area contributed by atoms with Crippen LogP contribution in [0.5, 0.6) is 0 Å². The Morgan fingerprint density at radius 1 is 0.767 bits per heavy atom. The Morgan fingerprint density at radius 3 is 1.97 bits per heavy atom. The lowest BCUT2D eigenvalue weighted by atomic mass is 10.1. The third-order valence-corrected chi connectivity index (χ3v) is 4.40. The van der Waals surface area contributed by atoms with Crippen molar-refractivity contribution in [3.8, 4) is 0 Å². The van der Waals surface area contributed by atoms with E-state index in [0.29, 0.717) is 13.1 Å². The third kappa shape index (κ3) is 14.4. The van der Waals surface area contributed by atoms with Crippen LogP contribution in [-0.2, 0) is 25.7 Å². The zero-order chi connectivity index (χ0) is 21.9. The van der Waals surface area contributed by atoms with E-state index in [1.54, 1.807) is 0 Å². The van der Waals surface area contributed by atoms with Gasteiger partial charge >= 0.3 is 6.09 Å². The normalized spacial score (nSPS) is 10.3. The molecule has 0 radical (unpaired) electrons. The number of hydrogen-bond acceptors (Lipinski definition) is 5. The number of carbonyl (C=O) groups is 3. The number of likely N-dealkylation sites (N-methyl/N-ethyl adjacent to an activating group) is 1. The summed E-state index contributed by atoms with van der Waals surface area (Å²) in [7, 11) is 1.52. The fraction of sp³-hybridized carbons (Fsp3) is 0.591. The number of unbranched alkanes of at least 4 members (excludes halogenated alkanes) is 6. The summed E-state index contributed by atoms with van der Waals surface area (Å²) in [6.45, 7) is 1.34. The number of rotatable bonds is 16. The van der Waals surface area contributed by atoms with Gasteiger partial charge in [-0.2, -0.15) is 0 Å². The molecular formula is C22H35N3O5. The molecule has 1 aromatic carbocycles. The SMILES string of the molecule is CNC(=O)COCC(=O)NCCCCCCCCCNC(=O)OCc1ccccc1. The zero-order valence-electron chi connectivity index (χ0n) is 17.9. The molecule has 0 heterocycles. The first-order valence-corrected chi connectivity index (χ1v) is 10.6. The zero-order valence-corrected chi connectivity index (χ0v) is 17.9. The van der Waals surface area contributed by atoms with E-state index in [1.165, 1.54) is 7.05 Å². The largest absolute Gasteiger partial charge is 0.445 e. The molecule has 0 atom stereocenters. The van der Waals surface area contributed by atoms with Gasteiger partial charge in [-0.05, 0) is 18.4 Å². The van der Waals surface area contributed by atoms with Gasteiger partial charge in [-0.15, -0.1) is 0 Å². The standard InChI is InChI=1S/C22H35N3O5/c1-23-20(26)17-29-18-21(27)24-14-10-5-3-2-4-6-11-15-25-22(28)30-16-19-12-8-7-9-13-19/h7-9,12-13H,2-6,10-11,14-18H2,1H3,(H,23,26)(H,24,27)(H,25,28). The highest BCUT2D eigenvalue weighted by atomic mass is 16.5. The number of alkyl carbamates (subject to hydrolysis) is 1. The number of benzene rings is 1. The average Bonchev–Trinajstić information content (AvgIpc) is 2.76. The molecule has 168 valence electrons. The van der Waals surface area contributed by atoms with E-state index >= 15 is 0 Å². The summed E-state index contributed by atoms with van der Waals surface area (Å²) < 4.78 is 10.1. The summed E-state index contributed by atoms with van der Waals surface area (Å²) in [5.74, 6) is -0.449. The second-order valence-electron chi connectivity index (χ2n) is 6.98. The minimum atomic E-state index is -0.375. The van der Waals surface area contributed by atoms with Gasteiger partial charge in [-0.3, -0.25) is 9.59 Å². The van der Waals surface area contributed by atoms with Gasteiger partial charge in [0.15, 0.2) is 0 Å². The molecule has 3 N–H and O–H groups in total. The van der Waals surface area contributed by atoms with Crippen LogP contribution in [0, 0.1) is 0 Å². The van der Waals surface area contributed by atoms with Crippen molar-refractivity contribution in [1.82, 2.24) is 16.0 Å². The molecule has 8 nitrogen and oxygen atoms in total. The molecule has 1 aromatic rings. The molecule has 1 rings (SSSR count). The van der Waals surface area contributed by atoms with E-state index in [0.717, 1.165) is 50.5 Å². The minimum absolute atomic E-state index is 0.0960. The lowest BCUT2D eigenvalue weighted by Gasteiger charge is -2.07. The van der Waals surface area contributed by atoms with Crippen LogP contribution in [0.15, 0.2) is 30.3 Å². The second kappa shape index (κ2) is 17.3. The highest BCUT2D eigenvalue weighted by Crippen LogP contribution is 2.06. The van der Waals surface area contributed by atoms with Gasteiger partial charge in [-0.25, -0.2) is 4.79 Å². The predicted octanol–water partition coefficient (Wildman–Crippen LogP) is 2.52. The van der Waals surface area contributed by atoms with Crippen molar-refractivity contribution in [2.45, 2.75) is 51.6 Å². The van der Waals surface area contributed by atoms with E-state index in [9.17, 15) is 14.4 Å². The Hall–Kier alpha value is -2.61. The number of nitrogens with one attached hydrogen (secondary N) is 3. The number of hydrogen-bond donors (Lipinski definition) is 3. The van der Waals surface area contributed by atoms with Gasteiger partial charge in [0.1, 0.15) is 19.8 Å². The molecule has 0 aromatic heterocycles. The Balaban J connectivity index is 1.82. The lowest BCUT2D eigenvalue weighted by Crippen LogP contribution is -2.31. The van der Waals surface area contributed by atoms with Crippen LogP contribution >= 0.6 is 0 Å². The molecule has 0 spiro atoms. The van der Waals surface area contributed by atoms with Crippen molar-refractivity contribution in [1.29, 1.82) is 0 Å². The summed E-state index contributed by atoms with van der Waals surface area (Å²) >= 11 is 0. The second-order valence-corrected chi connectivity index (χ2v) is 6.98. The maximum atomic E-state index is 11.6. The summed E-state index contributed by atoms with van der Waals surface area (Å²) in [5, 5.41) is 7.97. The van der Waals surface area contributed by atoms with Crippen molar-refractivity contribution >= 4 is 17.9 Å². The number of amides is 3. The molecule has 0 bridgehead atoms. The van der Waals surface area contributed by atoms with E-state index in [-0.39, 0.29) is 37.7 Å². The summed E-state index contributed by atoms with van der Waals surface area (Å²) in [6.07, 6.45) is 7.00. The van der Waals surface area contributed by atoms with Crippen LogP contribution in [0.1, 0.15) is 50.5 Å². The van der Waals surface area contributed by atoms with Crippen molar-refractivity contribution in [3.05, 3.63) is 35.9 Å². The molecule has 0 fully saturated rings. The fourth-order valence-corrected chi connectivity index (χ4v) is 2.69. The van der Waals surface area contributed by atoms with Crippen LogP contribution in [0.2, 0.25) is 0 Å². The molecular weight excluding hydrogens is 386 g/mol. The van der Waals surface area contributed by atoms with Gasteiger partial charge in [0.2, 0.25) is 11.8 Å². The first kappa shape index (κ1) is 25.4. The van der Waals surface area contributed by atoms with Gasteiger partial charge in [-0.1, -0.05) is 62.4 Å². The third-order valence-electron chi connectivity index (χ3n) is 4.40. The predicted molar refractivity (Wildman–Crippen MR) is 115 cm³/mol. The quantitative estimate of drug-likeness (QED) is 0.356. The molecule has 30 heavy (non-hydrogen) atoms. The monoisotopic (exact) mass is 421 g/mol. The summed E-state index contributed by atoms with van der Waals surface area (Å²) in [4.78, 5) is 34.1. The molecule has 0 saturated heterocycles. The van der Waals surface area contributed by atoms with E-state index in [1.807, 2.05) is 30.3 Å². The lowest BCUT2D eigenvalue weighted by molar-refractivity contribution is -0.130. The molecule has 8 heteroatoms. The Labute approximate surface area is 179 Å². The van der Waals surface area contributed by atoms with Gasteiger partial charge in [0.25, 0.3) is 0 Å². The summed E-state index contributed by atoms with van der Waals surface area (Å²) in [6, 6.07) is 9.60. The van der Waals surface area contributed by atoms with Crippen LogP contribution in [0.3, 0.4) is 0 Å². The topological polar surface area (TPSA) is 106 Å². The molecule has 0 saturated carbocycles. The molecule has 0 aliphatic carbocycles. The Kier molecular flexibility index (Phi) is 14.6. The number of carbonyl (C=O) groups excluding carboxylic acids is 3. The van der Waals surface area contributed by atoms with E-state index in [4.69, 9.17) is 9.47 Å². The maximum absolute atomic E-state index is 11.6. The van der Waals surface area contributed by atoms with Crippen molar-refractivity contribution in [3.63, 3.8) is 0 Å². The van der Waals surface area contributed by atoms with Gasteiger partial charge in [0, 0.05) is 20.1 Å².